The predicted molar refractivity (Wildman–Crippen MR) is 143 cm³/mol. The third-order valence-electron chi connectivity index (χ3n) is 5.52. The highest BCUT2D eigenvalue weighted by atomic mass is 16.5. The summed E-state index contributed by atoms with van der Waals surface area (Å²) in [7, 11) is 0. The van der Waals surface area contributed by atoms with Gasteiger partial charge in [0.1, 0.15) is 17.4 Å². The van der Waals surface area contributed by atoms with Crippen LogP contribution < -0.4 is 5.32 Å². The minimum Gasteiger partial charge on any atom is -0.507 e. The Balaban J connectivity index is 2.11. The number of carbonyl (C=O) groups excluding carboxylic acids is 1. The number of carbonyl (C=O) groups is 2. The SMILES string of the molecule is CCC=CCC=CCC=CCCCCCCCCOC(CC)C(=O)Nc1ccc(O)c(C(=O)O)c1. The van der Waals surface area contributed by atoms with E-state index in [0.29, 0.717) is 18.7 Å². The second kappa shape index (κ2) is 19.4. The molecule has 3 N–H and O–H groups in total. The number of rotatable bonds is 19. The molecule has 1 aromatic rings. The van der Waals surface area contributed by atoms with Crippen LogP contribution in [0.15, 0.2) is 54.7 Å². The highest BCUT2D eigenvalue weighted by Gasteiger charge is 2.18. The topological polar surface area (TPSA) is 95.9 Å². The van der Waals surface area contributed by atoms with Crippen LogP contribution in [0.4, 0.5) is 5.69 Å². The summed E-state index contributed by atoms with van der Waals surface area (Å²) < 4.78 is 5.75. The van der Waals surface area contributed by atoms with Crippen LogP contribution in [0.3, 0.4) is 0 Å². The van der Waals surface area contributed by atoms with Crippen molar-refractivity contribution in [1.82, 2.24) is 0 Å². The number of hydrogen-bond acceptors (Lipinski definition) is 4. The van der Waals surface area contributed by atoms with Crippen LogP contribution in [0.1, 0.15) is 94.8 Å². The number of allylic oxidation sites excluding steroid dienone is 6. The molecule has 0 saturated heterocycles. The quantitative estimate of drug-likeness (QED) is 0.108. The lowest BCUT2D eigenvalue weighted by atomic mass is 10.1. The van der Waals surface area contributed by atoms with Gasteiger partial charge in [0.25, 0.3) is 5.91 Å². The van der Waals surface area contributed by atoms with E-state index in [4.69, 9.17) is 9.84 Å². The molecule has 6 nitrogen and oxygen atoms in total. The van der Waals surface area contributed by atoms with Crippen molar-refractivity contribution in [3.05, 3.63) is 60.2 Å². The summed E-state index contributed by atoms with van der Waals surface area (Å²) in [6, 6.07) is 3.96. The molecule has 0 aromatic heterocycles. The molecule has 35 heavy (non-hydrogen) atoms. The molecule has 0 bridgehead atoms. The Hall–Kier alpha value is -2.86. The van der Waals surface area contributed by atoms with Crippen molar-refractivity contribution < 1.29 is 24.5 Å². The molecule has 0 aliphatic heterocycles. The fourth-order valence-electron chi connectivity index (χ4n) is 3.51. The number of aromatic hydroxyl groups is 1. The smallest absolute Gasteiger partial charge is 0.339 e. The van der Waals surface area contributed by atoms with Crippen molar-refractivity contribution in [2.75, 3.05) is 11.9 Å². The highest BCUT2D eigenvalue weighted by molar-refractivity contribution is 5.97. The van der Waals surface area contributed by atoms with Gasteiger partial charge in [0, 0.05) is 12.3 Å². The van der Waals surface area contributed by atoms with Gasteiger partial charge in [0.15, 0.2) is 0 Å². The van der Waals surface area contributed by atoms with Crippen molar-refractivity contribution in [2.45, 2.75) is 90.6 Å². The molecule has 0 aliphatic rings. The number of phenols is 1. The standard InChI is InChI=1S/C29H43NO5/c1-3-5-6-7-8-9-10-11-12-13-14-15-16-17-18-19-22-35-27(4-2)28(32)30-24-20-21-26(31)25(23-24)29(33)34/h5-6,8-9,11-12,20-21,23,27,31H,3-4,7,10,13-19,22H2,1-2H3,(H,30,32)(H,33,34). The maximum absolute atomic E-state index is 12.5. The molecule has 1 amide bonds. The molecule has 0 spiro atoms. The molecule has 0 radical (unpaired) electrons. The van der Waals surface area contributed by atoms with Crippen LogP contribution in [-0.2, 0) is 9.53 Å². The minimum atomic E-state index is -1.25. The highest BCUT2D eigenvalue weighted by Crippen LogP contribution is 2.22. The lowest BCUT2D eigenvalue weighted by Gasteiger charge is -2.16. The van der Waals surface area contributed by atoms with E-state index < -0.39 is 12.1 Å². The van der Waals surface area contributed by atoms with E-state index in [0.717, 1.165) is 44.9 Å². The van der Waals surface area contributed by atoms with Gasteiger partial charge in [-0.3, -0.25) is 4.79 Å². The first-order chi connectivity index (χ1) is 17.0. The summed E-state index contributed by atoms with van der Waals surface area (Å²) in [4.78, 5) is 23.6. The molecule has 0 saturated carbocycles. The summed E-state index contributed by atoms with van der Waals surface area (Å²) in [5, 5.41) is 21.3. The van der Waals surface area contributed by atoms with Gasteiger partial charge in [0.05, 0.1) is 0 Å². The summed E-state index contributed by atoms with van der Waals surface area (Å²) >= 11 is 0. The van der Waals surface area contributed by atoms with Crippen molar-refractivity contribution in [3.63, 3.8) is 0 Å². The fourth-order valence-corrected chi connectivity index (χ4v) is 3.51. The normalized spacial score (nSPS) is 12.6. The van der Waals surface area contributed by atoms with E-state index in [9.17, 15) is 14.7 Å². The number of carboxylic acid groups (broad SMARTS) is 1. The Bertz CT molecular complexity index is 828. The molecule has 0 fully saturated rings. The van der Waals surface area contributed by atoms with Gasteiger partial charge in [-0.05, 0) is 63.1 Å². The maximum Gasteiger partial charge on any atom is 0.339 e. The third kappa shape index (κ3) is 14.2. The van der Waals surface area contributed by atoms with E-state index in [1.54, 1.807) is 0 Å². The first kappa shape index (κ1) is 30.2. The molecule has 1 aromatic carbocycles. The minimum absolute atomic E-state index is 0.254. The predicted octanol–water partition coefficient (Wildman–Crippen LogP) is 7.41. The molecule has 0 aliphatic carbocycles. The molecule has 1 atom stereocenters. The van der Waals surface area contributed by atoms with E-state index in [1.807, 2.05) is 6.92 Å². The average Bonchev–Trinajstić information content (AvgIpc) is 2.84. The Labute approximate surface area is 210 Å². The van der Waals surface area contributed by atoms with Crippen LogP contribution in [0.5, 0.6) is 5.75 Å². The molecular weight excluding hydrogens is 442 g/mol. The molecule has 6 heteroatoms. The van der Waals surface area contributed by atoms with Crippen LogP contribution in [0, 0.1) is 0 Å². The molecule has 0 heterocycles. The van der Waals surface area contributed by atoms with E-state index >= 15 is 0 Å². The first-order valence-corrected chi connectivity index (χ1v) is 12.9. The second-order valence-corrected chi connectivity index (χ2v) is 8.50. The van der Waals surface area contributed by atoms with Gasteiger partial charge in [-0.2, -0.15) is 0 Å². The van der Waals surface area contributed by atoms with Gasteiger partial charge < -0.3 is 20.3 Å². The van der Waals surface area contributed by atoms with Crippen LogP contribution in [-0.4, -0.2) is 34.8 Å². The van der Waals surface area contributed by atoms with Gasteiger partial charge in [0.2, 0.25) is 0 Å². The third-order valence-corrected chi connectivity index (χ3v) is 5.52. The van der Waals surface area contributed by atoms with Crippen LogP contribution in [0.25, 0.3) is 0 Å². The number of carboxylic acids is 1. The molecule has 1 unspecified atom stereocenters. The van der Waals surface area contributed by atoms with E-state index in [1.165, 1.54) is 37.5 Å². The monoisotopic (exact) mass is 485 g/mol. The van der Waals surface area contributed by atoms with Crippen molar-refractivity contribution in [2.24, 2.45) is 0 Å². The zero-order valence-electron chi connectivity index (χ0n) is 21.4. The maximum atomic E-state index is 12.5. The van der Waals surface area contributed by atoms with Gasteiger partial charge in [-0.1, -0.05) is 76.0 Å². The lowest BCUT2D eigenvalue weighted by molar-refractivity contribution is -0.127. The number of anilines is 1. The Morgan fingerprint density at radius 1 is 0.914 bits per heavy atom. The molecule has 194 valence electrons. The zero-order chi connectivity index (χ0) is 25.7. The molecule has 1 rings (SSSR count). The zero-order valence-corrected chi connectivity index (χ0v) is 21.4. The van der Waals surface area contributed by atoms with Crippen molar-refractivity contribution in [3.8, 4) is 5.75 Å². The van der Waals surface area contributed by atoms with Gasteiger partial charge in [-0.25, -0.2) is 4.79 Å². The van der Waals surface area contributed by atoms with Crippen molar-refractivity contribution >= 4 is 17.6 Å². The Morgan fingerprint density at radius 2 is 1.54 bits per heavy atom. The summed E-state index contributed by atoms with van der Waals surface area (Å²) in [6.07, 6.45) is 24.3. The molecular formula is C29H43NO5. The number of nitrogens with one attached hydrogen (secondary N) is 1. The Morgan fingerprint density at radius 3 is 2.20 bits per heavy atom. The number of amides is 1. The number of hydrogen-bond donors (Lipinski definition) is 3. The summed E-state index contributed by atoms with van der Waals surface area (Å²) in [6.45, 7) is 4.54. The van der Waals surface area contributed by atoms with E-state index in [-0.39, 0.29) is 17.2 Å². The van der Waals surface area contributed by atoms with E-state index in [2.05, 4.69) is 48.7 Å². The first-order valence-electron chi connectivity index (χ1n) is 12.9. The lowest BCUT2D eigenvalue weighted by Crippen LogP contribution is -2.30. The van der Waals surface area contributed by atoms with Crippen molar-refractivity contribution in [1.29, 1.82) is 0 Å². The van der Waals surface area contributed by atoms with Crippen LogP contribution in [0.2, 0.25) is 0 Å². The average molecular weight is 486 g/mol. The number of aromatic carboxylic acids is 1. The summed E-state index contributed by atoms with van der Waals surface area (Å²) in [5.74, 6) is -1.90. The van der Waals surface area contributed by atoms with Crippen LogP contribution >= 0.6 is 0 Å². The number of ether oxygens (including phenoxy) is 1. The largest absolute Gasteiger partial charge is 0.507 e. The summed E-state index contributed by atoms with van der Waals surface area (Å²) in [5.41, 5.74) is 0.0642. The van der Waals surface area contributed by atoms with Gasteiger partial charge >= 0.3 is 5.97 Å². The fraction of sp³-hybridized carbons (Fsp3) is 0.517. The number of benzene rings is 1. The number of unbranched alkanes of at least 4 members (excludes halogenated alkanes) is 6. The second-order valence-electron chi connectivity index (χ2n) is 8.50. The van der Waals surface area contributed by atoms with Gasteiger partial charge in [-0.15, -0.1) is 0 Å². The Kier molecular flexibility index (Phi) is 16.8.